The van der Waals surface area contributed by atoms with E-state index in [0.717, 1.165) is 14.2 Å². The van der Waals surface area contributed by atoms with Crippen molar-refractivity contribution in [3.8, 4) is 0 Å². The summed E-state index contributed by atoms with van der Waals surface area (Å²) >= 11 is 4.62. The van der Waals surface area contributed by atoms with E-state index in [2.05, 4.69) is 15.9 Å². The third-order valence-electron chi connectivity index (χ3n) is 2.05. The molecule has 1 aromatic rings. The Kier molecular flexibility index (Phi) is 5.18. The zero-order valence-electron chi connectivity index (χ0n) is 9.42. The van der Waals surface area contributed by atoms with Crippen LogP contribution in [-0.4, -0.2) is 35.2 Å². The Hall–Kier alpha value is -0.600. The average Bonchev–Trinajstić information content (AvgIpc) is 2.40. The van der Waals surface area contributed by atoms with Crippen LogP contribution >= 0.6 is 27.3 Å². The number of thiophene rings is 1. The summed E-state index contributed by atoms with van der Waals surface area (Å²) in [5.74, 6) is -1.27. The van der Waals surface area contributed by atoms with Crippen molar-refractivity contribution in [3.63, 3.8) is 0 Å². The van der Waals surface area contributed by atoms with Crippen molar-refractivity contribution in [3.05, 3.63) is 20.3 Å². The number of rotatable bonds is 5. The molecule has 8 heteroatoms. The highest BCUT2D eigenvalue weighted by Gasteiger charge is 2.31. The van der Waals surface area contributed by atoms with Crippen molar-refractivity contribution in [2.45, 2.75) is 19.6 Å². The summed E-state index contributed by atoms with van der Waals surface area (Å²) in [6.07, 6.45) is -4.40. The number of carbonyl (C=O) groups is 1. The molecule has 0 bridgehead atoms. The lowest BCUT2D eigenvalue weighted by Gasteiger charge is -2.20. The standard InChI is InChI=1S/C10H11BrF3NO2S/c1-6-8(11)2-7(18-6)3-15(4-9(16)17)5-10(12,13)14/h2H,3-5H2,1H3,(H,16,17). The molecule has 0 atom stereocenters. The van der Waals surface area contributed by atoms with Crippen molar-refractivity contribution < 1.29 is 23.1 Å². The van der Waals surface area contributed by atoms with E-state index in [4.69, 9.17) is 5.11 Å². The Labute approximate surface area is 114 Å². The van der Waals surface area contributed by atoms with Gasteiger partial charge in [-0.05, 0) is 28.9 Å². The van der Waals surface area contributed by atoms with E-state index in [1.54, 1.807) is 6.07 Å². The zero-order chi connectivity index (χ0) is 13.9. The summed E-state index contributed by atoms with van der Waals surface area (Å²) in [6.45, 7) is -0.0472. The second-order valence-electron chi connectivity index (χ2n) is 3.77. The lowest BCUT2D eigenvalue weighted by molar-refractivity contribution is -0.154. The molecule has 0 radical (unpaired) electrons. The minimum Gasteiger partial charge on any atom is -0.480 e. The lowest BCUT2D eigenvalue weighted by atomic mass is 10.3. The van der Waals surface area contributed by atoms with Gasteiger partial charge >= 0.3 is 12.1 Å². The van der Waals surface area contributed by atoms with Crippen molar-refractivity contribution in [2.24, 2.45) is 0 Å². The van der Waals surface area contributed by atoms with Crippen LogP contribution in [0, 0.1) is 6.92 Å². The number of halogens is 4. The number of nitrogens with zero attached hydrogens (tertiary/aromatic N) is 1. The number of hydrogen-bond acceptors (Lipinski definition) is 3. The van der Waals surface area contributed by atoms with Crippen molar-refractivity contribution >= 4 is 33.2 Å². The van der Waals surface area contributed by atoms with Gasteiger partial charge in [-0.2, -0.15) is 13.2 Å². The quantitative estimate of drug-likeness (QED) is 0.890. The van der Waals surface area contributed by atoms with E-state index in [0.29, 0.717) is 4.88 Å². The molecule has 0 aromatic carbocycles. The summed E-state index contributed by atoms with van der Waals surface area (Å²) in [5.41, 5.74) is 0. The number of hydrogen-bond donors (Lipinski definition) is 1. The van der Waals surface area contributed by atoms with Gasteiger partial charge in [0.05, 0.1) is 13.1 Å². The van der Waals surface area contributed by atoms with Gasteiger partial charge in [0.1, 0.15) is 0 Å². The average molecular weight is 346 g/mol. The summed E-state index contributed by atoms with van der Waals surface area (Å²) in [4.78, 5) is 13.1. The first-order valence-electron chi connectivity index (χ1n) is 4.93. The Morgan fingerprint density at radius 2 is 2.17 bits per heavy atom. The molecule has 1 rings (SSSR count). The van der Waals surface area contributed by atoms with Gasteiger partial charge in [-0.1, -0.05) is 0 Å². The first-order chi connectivity index (χ1) is 8.17. The molecule has 1 aromatic heterocycles. The van der Waals surface area contributed by atoms with Gasteiger partial charge in [-0.15, -0.1) is 11.3 Å². The van der Waals surface area contributed by atoms with Crippen LogP contribution in [0.25, 0.3) is 0 Å². The third-order valence-corrected chi connectivity index (χ3v) is 4.17. The summed E-state index contributed by atoms with van der Waals surface area (Å²) < 4.78 is 37.7. The van der Waals surface area contributed by atoms with Crippen LogP contribution in [0.4, 0.5) is 13.2 Å². The highest BCUT2D eigenvalue weighted by atomic mass is 79.9. The minimum atomic E-state index is -4.40. The fourth-order valence-corrected chi connectivity index (χ4v) is 3.07. The molecule has 0 fully saturated rings. The van der Waals surface area contributed by atoms with Crippen molar-refractivity contribution in [2.75, 3.05) is 13.1 Å². The summed E-state index contributed by atoms with van der Waals surface area (Å²) in [7, 11) is 0. The largest absolute Gasteiger partial charge is 0.480 e. The Balaban J connectivity index is 2.74. The SMILES string of the molecule is Cc1sc(CN(CC(=O)O)CC(F)(F)F)cc1Br. The van der Waals surface area contributed by atoms with Crippen LogP contribution in [0.15, 0.2) is 10.5 Å². The molecule has 0 amide bonds. The van der Waals surface area contributed by atoms with E-state index in [9.17, 15) is 18.0 Å². The summed E-state index contributed by atoms with van der Waals surface area (Å²) in [6, 6.07) is 1.71. The number of carboxylic acids is 1. The normalized spacial score (nSPS) is 12.1. The van der Waals surface area contributed by atoms with Crippen LogP contribution < -0.4 is 0 Å². The third kappa shape index (κ3) is 5.36. The maximum Gasteiger partial charge on any atom is 0.401 e. The van der Waals surface area contributed by atoms with Crippen molar-refractivity contribution in [1.82, 2.24) is 4.90 Å². The van der Waals surface area contributed by atoms with E-state index in [1.807, 2.05) is 6.92 Å². The molecular formula is C10H11BrF3NO2S. The Morgan fingerprint density at radius 3 is 2.56 bits per heavy atom. The number of aryl methyl sites for hydroxylation is 1. The number of carboxylic acid groups (broad SMARTS) is 1. The molecule has 3 nitrogen and oxygen atoms in total. The molecule has 0 unspecified atom stereocenters. The fourth-order valence-electron chi connectivity index (χ4n) is 1.43. The van der Waals surface area contributed by atoms with E-state index in [-0.39, 0.29) is 6.54 Å². The van der Waals surface area contributed by atoms with Crippen LogP contribution in [0.1, 0.15) is 9.75 Å². The molecule has 0 aliphatic heterocycles. The smallest absolute Gasteiger partial charge is 0.401 e. The van der Waals surface area contributed by atoms with Gasteiger partial charge in [-0.25, -0.2) is 0 Å². The first-order valence-corrected chi connectivity index (χ1v) is 6.54. The molecule has 18 heavy (non-hydrogen) atoms. The monoisotopic (exact) mass is 345 g/mol. The lowest BCUT2D eigenvalue weighted by Crippen LogP contribution is -2.37. The van der Waals surface area contributed by atoms with E-state index < -0.39 is 25.2 Å². The second kappa shape index (κ2) is 6.03. The zero-order valence-corrected chi connectivity index (χ0v) is 11.8. The topological polar surface area (TPSA) is 40.5 Å². The molecule has 102 valence electrons. The van der Waals surface area contributed by atoms with Crippen LogP contribution in [0.3, 0.4) is 0 Å². The molecular weight excluding hydrogens is 335 g/mol. The highest BCUT2D eigenvalue weighted by molar-refractivity contribution is 9.10. The molecule has 0 aliphatic carbocycles. The van der Waals surface area contributed by atoms with Crippen LogP contribution in [0.5, 0.6) is 0 Å². The van der Waals surface area contributed by atoms with Gasteiger partial charge in [0, 0.05) is 20.8 Å². The molecule has 0 spiro atoms. The van der Waals surface area contributed by atoms with Gasteiger partial charge in [-0.3, -0.25) is 9.69 Å². The van der Waals surface area contributed by atoms with Gasteiger partial charge in [0.15, 0.2) is 0 Å². The molecule has 0 saturated carbocycles. The second-order valence-corrected chi connectivity index (χ2v) is 5.97. The van der Waals surface area contributed by atoms with Gasteiger partial charge in [0.2, 0.25) is 0 Å². The Morgan fingerprint density at radius 1 is 1.56 bits per heavy atom. The number of aliphatic carboxylic acids is 1. The van der Waals surface area contributed by atoms with E-state index in [1.165, 1.54) is 11.3 Å². The highest BCUT2D eigenvalue weighted by Crippen LogP contribution is 2.28. The predicted octanol–water partition coefficient (Wildman–Crippen LogP) is 3.27. The molecule has 0 saturated heterocycles. The van der Waals surface area contributed by atoms with Crippen LogP contribution in [0.2, 0.25) is 0 Å². The molecule has 1 heterocycles. The Bertz CT molecular complexity index is 414. The van der Waals surface area contributed by atoms with Crippen LogP contribution in [-0.2, 0) is 11.3 Å². The predicted molar refractivity (Wildman–Crippen MR) is 65.7 cm³/mol. The molecule has 1 N–H and O–H groups in total. The minimum absolute atomic E-state index is 0.0249. The van der Waals surface area contributed by atoms with Crippen molar-refractivity contribution in [1.29, 1.82) is 0 Å². The molecule has 0 aliphatic rings. The maximum atomic E-state index is 12.3. The first kappa shape index (κ1) is 15.5. The van der Waals surface area contributed by atoms with E-state index >= 15 is 0 Å². The maximum absolute atomic E-state index is 12.3. The van der Waals surface area contributed by atoms with Gasteiger partial charge in [0.25, 0.3) is 0 Å². The van der Waals surface area contributed by atoms with Gasteiger partial charge < -0.3 is 5.11 Å². The fraction of sp³-hybridized carbons (Fsp3) is 0.500. The number of alkyl halides is 3. The summed E-state index contributed by atoms with van der Waals surface area (Å²) in [5, 5.41) is 8.60.